The van der Waals surface area contributed by atoms with Crippen molar-refractivity contribution >= 4 is 20.9 Å². The van der Waals surface area contributed by atoms with Gasteiger partial charge in [-0.15, -0.1) is 0 Å². The molecule has 0 bridgehead atoms. The van der Waals surface area contributed by atoms with Gasteiger partial charge >= 0.3 is 6.18 Å². The van der Waals surface area contributed by atoms with Gasteiger partial charge in [0.05, 0.1) is 27.4 Å². The van der Waals surface area contributed by atoms with E-state index in [9.17, 15) is 21.6 Å². The van der Waals surface area contributed by atoms with Crippen molar-refractivity contribution in [2.24, 2.45) is 0 Å². The first kappa shape index (κ1) is 21.8. The van der Waals surface area contributed by atoms with Gasteiger partial charge in [0.2, 0.25) is 0 Å². The summed E-state index contributed by atoms with van der Waals surface area (Å²) < 4.78 is 69.3. The molecule has 9 heteroatoms. The highest BCUT2D eigenvalue weighted by Gasteiger charge is 2.33. The van der Waals surface area contributed by atoms with Crippen molar-refractivity contribution < 1.29 is 26.3 Å². The summed E-state index contributed by atoms with van der Waals surface area (Å²) in [5.41, 5.74) is 0.525. The van der Waals surface area contributed by atoms with Gasteiger partial charge in [-0.25, -0.2) is 18.4 Å². The molecule has 0 saturated carbocycles. The summed E-state index contributed by atoms with van der Waals surface area (Å²) in [6.07, 6.45) is -3.43. The quantitative estimate of drug-likeness (QED) is 0.385. The van der Waals surface area contributed by atoms with Crippen LogP contribution in [0.5, 0.6) is 11.5 Å². The van der Waals surface area contributed by atoms with Gasteiger partial charge in [0.15, 0.2) is 9.84 Å². The molecule has 4 aromatic rings. The lowest BCUT2D eigenvalue weighted by atomic mass is 10.1. The fourth-order valence-corrected chi connectivity index (χ4v) is 3.91. The fraction of sp³-hybridized carbons (Fsp3) is 0.130. The van der Waals surface area contributed by atoms with Crippen molar-refractivity contribution in [2.75, 3.05) is 6.26 Å². The molecule has 0 N–H and O–H groups in total. The molecule has 0 atom stereocenters. The molecule has 0 amide bonds. The maximum absolute atomic E-state index is 13.4. The van der Waals surface area contributed by atoms with E-state index in [0.717, 1.165) is 12.3 Å². The molecule has 1 heterocycles. The van der Waals surface area contributed by atoms with E-state index in [1.54, 1.807) is 43.3 Å². The highest BCUT2D eigenvalue weighted by Crippen LogP contribution is 2.35. The molecule has 1 aromatic heterocycles. The van der Waals surface area contributed by atoms with Crippen LogP contribution in [0.2, 0.25) is 0 Å². The van der Waals surface area contributed by atoms with Crippen LogP contribution in [0.1, 0.15) is 11.3 Å². The Hall–Kier alpha value is -3.46. The Labute approximate surface area is 182 Å². The molecule has 0 aliphatic heterocycles. The molecule has 0 radical (unpaired) electrons. The van der Waals surface area contributed by atoms with Gasteiger partial charge < -0.3 is 4.74 Å². The van der Waals surface area contributed by atoms with Crippen LogP contribution in [-0.2, 0) is 16.0 Å². The Bertz CT molecular complexity index is 1420. The van der Waals surface area contributed by atoms with Gasteiger partial charge in [-0.3, -0.25) is 0 Å². The molecule has 32 heavy (non-hydrogen) atoms. The predicted molar refractivity (Wildman–Crippen MR) is 114 cm³/mol. The molecule has 0 aliphatic carbocycles. The normalized spacial score (nSPS) is 12.2. The second kappa shape index (κ2) is 7.90. The van der Waals surface area contributed by atoms with E-state index < -0.39 is 21.6 Å². The van der Waals surface area contributed by atoms with Gasteiger partial charge in [-0.2, -0.15) is 13.2 Å². The first-order valence-electron chi connectivity index (χ1n) is 9.45. The lowest BCUT2D eigenvalue weighted by molar-refractivity contribution is -0.136. The SMILES string of the molecule is Cc1nc2cccc(C(F)(F)F)c2nc1-c1ccc(Oc2cccc(S(C)(=O)=O)c2)cc1. The van der Waals surface area contributed by atoms with Crippen molar-refractivity contribution in [3.8, 4) is 22.8 Å². The van der Waals surface area contributed by atoms with Gasteiger partial charge in [-0.1, -0.05) is 12.1 Å². The molecule has 0 unspecified atom stereocenters. The number of fused-ring (bicyclic) bond motifs is 1. The van der Waals surface area contributed by atoms with Crippen LogP contribution in [0.15, 0.2) is 71.6 Å². The van der Waals surface area contributed by atoms with Crippen LogP contribution in [0.25, 0.3) is 22.3 Å². The molecule has 0 spiro atoms. The fourth-order valence-electron chi connectivity index (χ4n) is 3.25. The minimum atomic E-state index is -4.54. The third-order valence-electron chi connectivity index (χ3n) is 4.77. The molecule has 164 valence electrons. The number of aryl methyl sites for hydroxylation is 1. The Kier molecular flexibility index (Phi) is 5.37. The molecular formula is C23H17F3N2O3S. The number of nitrogens with zero attached hydrogens (tertiary/aromatic N) is 2. The molecule has 5 nitrogen and oxygen atoms in total. The van der Waals surface area contributed by atoms with Crippen molar-refractivity contribution in [3.05, 3.63) is 78.0 Å². The van der Waals surface area contributed by atoms with Crippen LogP contribution < -0.4 is 4.74 Å². The lowest BCUT2D eigenvalue weighted by Gasteiger charge is -2.12. The maximum atomic E-state index is 13.4. The second-order valence-corrected chi connectivity index (χ2v) is 9.22. The van der Waals surface area contributed by atoms with E-state index in [4.69, 9.17) is 4.74 Å². The van der Waals surface area contributed by atoms with E-state index in [2.05, 4.69) is 9.97 Å². The number of hydrogen-bond acceptors (Lipinski definition) is 5. The number of aromatic nitrogens is 2. The minimum Gasteiger partial charge on any atom is -0.457 e. The van der Waals surface area contributed by atoms with Crippen molar-refractivity contribution in [2.45, 2.75) is 18.0 Å². The summed E-state index contributed by atoms with van der Waals surface area (Å²) >= 11 is 0. The average molecular weight is 458 g/mol. The summed E-state index contributed by atoms with van der Waals surface area (Å²) in [5, 5.41) is 0. The smallest absolute Gasteiger partial charge is 0.418 e. The summed E-state index contributed by atoms with van der Waals surface area (Å²) in [6, 6.07) is 16.5. The Morgan fingerprint density at radius 1 is 0.875 bits per heavy atom. The number of hydrogen-bond donors (Lipinski definition) is 0. The van der Waals surface area contributed by atoms with Gasteiger partial charge in [0, 0.05) is 11.8 Å². The van der Waals surface area contributed by atoms with E-state index in [1.165, 1.54) is 24.3 Å². The maximum Gasteiger partial charge on any atom is 0.418 e. The Morgan fingerprint density at radius 3 is 2.22 bits per heavy atom. The minimum absolute atomic E-state index is 0.133. The molecular weight excluding hydrogens is 441 g/mol. The summed E-state index contributed by atoms with van der Waals surface area (Å²) in [7, 11) is -3.37. The van der Waals surface area contributed by atoms with Gasteiger partial charge in [0.25, 0.3) is 0 Å². The number of ether oxygens (including phenoxy) is 1. The molecule has 0 saturated heterocycles. The number of para-hydroxylation sites is 1. The number of halogens is 3. The zero-order valence-electron chi connectivity index (χ0n) is 17.0. The first-order chi connectivity index (χ1) is 15.0. The standard InChI is InChI=1S/C23H17F3N2O3S/c1-14-21(28-22-19(23(24,25)26)7-4-8-20(22)27-14)15-9-11-16(12-10-15)31-17-5-3-6-18(13-17)32(2,29)30/h3-13H,1-2H3. The number of sulfone groups is 1. The number of alkyl halides is 3. The highest BCUT2D eigenvalue weighted by molar-refractivity contribution is 7.90. The van der Waals surface area contributed by atoms with Crippen LogP contribution in [0.4, 0.5) is 13.2 Å². The largest absolute Gasteiger partial charge is 0.457 e. The van der Waals surface area contributed by atoms with Crippen LogP contribution in [0.3, 0.4) is 0 Å². The average Bonchev–Trinajstić information content (AvgIpc) is 2.72. The van der Waals surface area contributed by atoms with E-state index in [0.29, 0.717) is 28.5 Å². The lowest BCUT2D eigenvalue weighted by Crippen LogP contribution is -2.08. The first-order valence-corrected chi connectivity index (χ1v) is 11.3. The molecule has 0 aliphatic rings. The monoisotopic (exact) mass is 458 g/mol. The zero-order chi connectivity index (χ0) is 23.1. The summed E-state index contributed by atoms with van der Waals surface area (Å²) in [6.45, 7) is 1.68. The van der Waals surface area contributed by atoms with Crippen molar-refractivity contribution in [1.82, 2.24) is 9.97 Å². The van der Waals surface area contributed by atoms with Gasteiger partial charge in [0.1, 0.15) is 17.0 Å². The zero-order valence-corrected chi connectivity index (χ0v) is 17.8. The van der Waals surface area contributed by atoms with E-state index >= 15 is 0 Å². The van der Waals surface area contributed by atoms with Gasteiger partial charge in [-0.05, 0) is 61.5 Å². The van der Waals surface area contributed by atoms with Crippen molar-refractivity contribution in [3.63, 3.8) is 0 Å². The van der Waals surface area contributed by atoms with Crippen molar-refractivity contribution in [1.29, 1.82) is 0 Å². The Balaban J connectivity index is 1.68. The third kappa shape index (κ3) is 4.43. The number of benzene rings is 3. The third-order valence-corrected chi connectivity index (χ3v) is 5.88. The van der Waals surface area contributed by atoms with E-state index in [1.807, 2.05) is 0 Å². The number of rotatable bonds is 4. The molecule has 3 aromatic carbocycles. The Morgan fingerprint density at radius 2 is 1.56 bits per heavy atom. The summed E-state index contributed by atoms with van der Waals surface area (Å²) in [4.78, 5) is 8.71. The van der Waals surface area contributed by atoms with Crippen LogP contribution in [-0.4, -0.2) is 24.6 Å². The second-order valence-electron chi connectivity index (χ2n) is 7.20. The summed E-state index contributed by atoms with van der Waals surface area (Å²) in [5.74, 6) is 0.777. The van der Waals surface area contributed by atoms with Crippen LogP contribution >= 0.6 is 0 Å². The van der Waals surface area contributed by atoms with Crippen LogP contribution in [0, 0.1) is 6.92 Å². The predicted octanol–water partition coefficient (Wildman–Crippen LogP) is 5.82. The van der Waals surface area contributed by atoms with E-state index in [-0.39, 0.29) is 15.9 Å². The molecule has 4 rings (SSSR count). The topological polar surface area (TPSA) is 69.2 Å². The molecule has 0 fully saturated rings. The highest BCUT2D eigenvalue weighted by atomic mass is 32.2.